The number of rotatable bonds is 8. The molecule has 1 atom stereocenters. The first-order valence-electron chi connectivity index (χ1n) is 13.1. The Hall–Kier alpha value is -4.35. The molecule has 1 aliphatic rings. The maximum atomic E-state index is 13.7. The van der Waals surface area contributed by atoms with E-state index in [0.29, 0.717) is 52.0 Å². The molecule has 0 aliphatic heterocycles. The maximum Gasteiger partial charge on any atom is 0.451 e. The van der Waals surface area contributed by atoms with Crippen LogP contribution in [0.4, 0.5) is 23.4 Å². The van der Waals surface area contributed by atoms with Crippen LogP contribution in [0.25, 0.3) is 22.0 Å². The summed E-state index contributed by atoms with van der Waals surface area (Å²) in [6.45, 7) is 1.68. The Balaban J connectivity index is 1.53. The third-order valence-electron chi connectivity index (χ3n) is 7.43. The van der Waals surface area contributed by atoms with Crippen LogP contribution in [0.1, 0.15) is 56.5 Å². The Kier molecular flexibility index (Phi) is 7.74. The summed E-state index contributed by atoms with van der Waals surface area (Å²) in [7, 11) is 0. The van der Waals surface area contributed by atoms with Gasteiger partial charge in [-0.15, -0.1) is 0 Å². The summed E-state index contributed by atoms with van der Waals surface area (Å²) in [6, 6.07) is 8.87. The van der Waals surface area contributed by atoms with E-state index in [0.717, 1.165) is 31.7 Å². The Bertz CT molecular complexity index is 1540. The molecule has 2 aromatic heterocycles. The molecule has 2 heterocycles. The highest BCUT2D eigenvalue weighted by Crippen LogP contribution is 2.40. The van der Waals surface area contributed by atoms with Crippen LogP contribution < -0.4 is 10.1 Å². The minimum atomic E-state index is -4.65. The molecule has 41 heavy (non-hydrogen) atoms. The monoisotopic (exact) mass is 569 g/mol. The first-order chi connectivity index (χ1) is 19.6. The van der Waals surface area contributed by atoms with Crippen LogP contribution in [-0.2, 0) is 11.0 Å². The average Bonchev–Trinajstić information content (AvgIpc) is 2.96. The van der Waals surface area contributed by atoms with E-state index in [4.69, 9.17) is 4.74 Å². The van der Waals surface area contributed by atoms with E-state index in [1.807, 2.05) is 0 Å². The zero-order chi connectivity index (χ0) is 29.2. The maximum absolute atomic E-state index is 13.7. The van der Waals surface area contributed by atoms with Gasteiger partial charge in [0.25, 0.3) is 0 Å². The first-order valence-corrected chi connectivity index (χ1v) is 13.1. The summed E-state index contributed by atoms with van der Waals surface area (Å²) in [5.74, 6) is -1.83. The van der Waals surface area contributed by atoms with Crippen LogP contribution in [0.2, 0.25) is 0 Å². The number of nitrogens with one attached hydrogen (secondary N) is 1. The van der Waals surface area contributed by atoms with Gasteiger partial charge in [-0.2, -0.15) is 13.2 Å². The summed E-state index contributed by atoms with van der Waals surface area (Å²) in [5, 5.41) is 13.7. The number of nitrogens with zero attached hydrogens (tertiary/aromatic N) is 4. The van der Waals surface area contributed by atoms with Gasteiger partial charge in [0.1, 0.15) is 41.3 Å². The number of alkyl halides is 3. The summed E-state index contributed by atoms with van der Waals surface area (Å²) in [5.41, 5.74) is 1.14. The van der Waals surface area contributed by atoms with Crippen molar-refractivity contribution < 1.29 is 32.2 Å². The van der Waals surface area contributed by atoms with E-state index < -0.39 is 35.2 Å². The number of halogens is 4. The molecule has 0 radical (unpaired) electrons. The number of ether oxygens (including phenoxy) is 1. The molecule has 1 fully saturated rings. The lowest BCUT2D eigenvalue weighted by Gasteiger charge is -2.32. The second-order valence-electron chi connectivity index (χ2n) is 10.2. The molecular formula is C29H27F4N5O3. The van der Waals surface area contributed by atoms with Crippen LogP contribution in [0, 0.1) is 11.2 Å². The van der Waals surface area contributed by atoms with Crippen molar-refractivity contribution in [2.45, 2.75) is 51.2 Å². The predicted octanol–water partition coefficient (Wildman–Crippen LogP) is 6.83. The second-order valence-corrected chi connectivity index (χ2v) is 10.2. The molecule has 214 valence electrons. The van der Waals surface area contributed by atoms with Gasteiger partial charge in [-0.1, -0.05) is 31.4 Å². The topological polar surface area (TPSA) is 110 Å². The largest absolute Gasteiger partial charge is 0.490 e. The van der Waals surface area contributed by atoms with E-state index >= 15 is 0 Å². The number of anilines is 1. The summed E-state index contributed by atoms with van der Waals surface area (Å²) in [6.07, 6.45) is 2.46. The Morgan fingerprint density at radius 2 is 1.71 bits per heavy atom. The number of carbonyl (C=O) groups is 1. The van der Waals surface area contributed by atoms with Crippen molar-refractivity contribution in [1.82, 2.24) is 19.9 Å². The van der Waals surface area contributed by atoms with E-state index in [2.05, 4.69) is 25.3 Å². The number of carboxylic acid groups (broad SMARTS) is 1. The van der Waals surface area contributed by atoms with Crippen LogP contribution in [-0.4, -0.2) is 37.6 Å². The lowest BCUT2D eigenvalue weighted by atomic mass is 9.75. The van der Waals surface area contributed by atoms with Crippen molar-refractivity contribution >= 4 is 22.7 Å². The number of hydrogen-bond donors (Lipinski definition) is 2. The van der Waals surface area contributed by atoms with Gasteiger partial charge < -0.3 is 15.2 Å². The van der Waals surface area contributed by atoms with E-state index in [9.17, 15) is 27.5 Å². The molecular weight excluding hydrogens is 542 g/mol. The third kappa shape index (κ3) is 6.06. The second kappa shape index (κ2) is 11.3. The highest BCUT2D eigenvalue weighted by Gasteiger charge is 2.41. The quantitative estimate of drug-likeness (QED) is 0.222. The fourth-order valence-corrected chi connectivity index (χ4v) is 5.03. The number of carboxylic acids is 1. The molecule has 5 rings (SSSR count). The van der Waals surface area contributed by atoms with Crippen molar-refractivity contribution in [3.63, 3.8) is 0 Å². The van der Waals surface area contributed by atoms with Crippen molar-refractivity contribution in [3.05, 3.63) is 72.3 Å². The van der Waals surface area contributed by atoms with E-state index in [-0.39, 0.29) is 6.61 Å². The molecule has 8 nitrogen and oxygen atoms in total. The highest BCUT2D eigenvalue weighted by molar-refractivity contribution is 5.96. The Labute approximate surface area is 232 Å². The fraction of sp³-hybridized carbons (Fsp3) is 0.345. The number of aliphatic carboxylic acids is 1. The van der Waals surface area contributed by atoms with Gasteiger partial charge in [0.2, 0.25) is 5.82 Å². The predicted molar refractivity (Wildman–Crippen MR) is 143 cm³/mol. The van der Waals surface area contributed by atoms with Gasteiger partial charge in [-0.25, -0.2) is 24.3 Å². The Morgan fingerprint density at radius 3 is 2.34 bits per heavy atom. The fourth-order valence-electron chi connectivity index (χ4n) is 5.03. The standard InChI is InChI=1S/C29H27F4N5O3/c1-17(20-13-34-26(35-14-20)29(31,32)33)38-25-22-11-19(18-5-7-21(30)8-6-18)12-23(24(22)36-16-37-25)41-15-28(27(39)40)9-3-2-4-10-28/h5-8,11-14,16-17H,2-4,9-10,15H2,1H3,(H,39,40)(H,36,37,38). The smallest absolute Gasteiger partial charge is 0.451 e. The van der Waals surface area contributed by atoms with Crippen molar-refractivity contribution in [2.24, 2.45) is 5.41 Å². The first kappa shape index (κ1) is 28.2. The van der Waals surface area contributed by atoms with Gasteiger partial charge in [0.15, 0.2) is 0 Å². The zero-order valence-corrected chi connectivity index (χ0v) is 22.1. The third-order valence-corrected chi connectivity index (χ3v) is 7.43. The SMILES string of the molecule is CC(Nc1ncnc2c(OCC3(C(=O)O)CCCCC3)cc(-c3ccc(F)cc3)cc12)c1cnc(C(F)(F)F)nc1. The van der Waals surface area contributed by atoms with E-state index in [1.165, 1.54) is 18.5 Å². The average molecular weight is 570 g/mol. The summed E-state index contributed by atoms with van der Waals surface area (Å²) >= 11 is 0. The Morgan fingerprint density at radius 1 is 1.02 bits per heavy atom. The highest BCUT2D eigenvalue weighted by atomic mass is 19.4. The summed E-state index contributed by atoms with van der Waals surface area (Å²) in [4.78, 5) is 27.9. The molecule has 2 aromatic carbocycles. The summed E-state index contributed by atoms with van der Waals surface area (Å²) < 4.78 is 58.6. The molecule has 2 N–H and O–H groups in total. The normalized spacial score (nSPS) is 15.8. The zero-order valence-electron chi connectivity index (χ0n) is 22.1. The molecule has 0 saturated heterocycles. The number of fused-ring (bicyclic) bond motifs is 1. The van der Waals surface area contributed by atoms with Gasteiger partial charge in [-0.05, 0) is 55.2 Å². The minimum absolute atomic E-state index is 0.0453. The number of hydrogen-bond acceptors (Lipinski definition) is 7. The van der Waals surface area contributed by atoms with Crippen molar-refractivity contribution in [1.29, 1.82) is 0 Å². The lowest BCUT2D eigenvalue weighted by Crippen LogP contribution is -2.39. The van der Waals surface area contributed by atoms with Crippen LogP contribution >= 0.6 is 0 Å². The van der Waals surface area contributed by atoms with Crippen LogP contribution in [0.15, 0.2) is 55.1 Å². The van der Waals surface area contributed by atoms with Crippen molar-refractivity contribution in [3.8, 4) is 16.9 Å². The van der Waals surface area contributed by atoms with Crippen molar-refractivity contribution in [2.75, 3.05) is 11.9 Å². The lowest BCUT2D eigenvalue weighted by molar-refractivity contribution is -0.153. The molecule has 0 amide bonds. The number of aromatic nitrogens is 4. The van der Waals surface area contributed by atoms with Gasteiger partial charge in [0, 0.05) is 23.3 Å². The van der Waals surface area contributed by atoms with Gasteiger partial charge in [-0.3, -0.25) is 4.79 Å². The minimum Gasteiger partial charge on any atom is -0.490 e. The van der Waals surface area contributed by atoms with Crippen LogP contribution in [0.5, 0.6) is 5.75 Å². The molecule has 1 saturated carbocycles. The van der Waals surface area contributed by atoms with Crippen LogP contribution in [0.3, 0.4) is 0 Å². The molecule has 1 unspecified atom stereocenters. The molecule has 0 spiro atoms. The van der Waals surface area contributed by atoms with E-state index in [1.54, 1.807) is 31.2 Å². The van der Waals surface area contributed by atoms with Gasteiger partial charge >= 0.3 is 12.1 Å². The number of benzene rings is 2. The molecule has 0 bridgehead atoms. The molecule has 12 heteroatoms. The molecule has 4 aromatic rings. The molecule has 1 aliphatic carbocycles. The van der Waals surface area contributed by atoms with Gasteiger partial charge in [0.05, 0.1) is 6.04 Å².